The average Bonchev–Trinajstić information content (AvgIpc) is 3.03. The molecule has 1 heterocycles. The number of amides is 3. The standard InChI is InChI=1S/C20H23N3O6S/c1-13(2)23(12-18-19(24)22-20(25)21-18)30(26,27)17-10-8-16(9-11-17)29-15-6-4-14(28-3)5-7-15/h4-11,13,18H,12H2,1-3H3,(H2,21,22,24,25)/t18-/m0/s1. The van der Waals surface area contributed by atoms with Crippen LogP contribution in [0.4, 0.5) is 4.79 Å². The van der Waals surface area contributed by atoms with Crippen LogP contribution in [-0.2, 0) is 14.8 Å². The third-order valence-corrected chi connectivity index (χ3v) is 6.58. The van der Waals surface area contributed by atoms with Gasteiger partial charge in [0.1, 0.15) is 23.3 Å². The summed E-state index contributed by atoms with van der Waals surface area (Å²) >= 11 is 0. The summed E-state index contributed by atoms with van der Waals surface area (Å²) in [5.41, 5.74) is 0. The minimum absolute atomic E-state index is 0.0583. The molecule has 1 saturated heterocycles. The highest BCUT2D eigenvalue weighted by Gasteiger charge is 2.36. The highest BCUT2D eigenvalue weighted by atomic mass is 32.2. The van der Waals surface area contributed by atoms with Crippen molar-refractivity contribution in [1.82, 2.24) is 14.9 Å². The molecule has 160 valence electrons. The normalized spacial score (nSPS) is 16.5. The number of carbonyl (C=O) groups excluding carboxylic acids is 2. The highest BCUT2D eigenvalue weighted by Crippen LogP contribution is 2.26. The van der Waals surface area contributed by atoms with Crippen LogP contribution in [0.3, 0.4) is 0 Å². The van der Waals surface area contributed by atoms with E-state index in [1.807, 2.05) is 0 Å². The molecular formula is C20H23N3O6S. The van der Waals surface area contributed by atoms with Gasteiger partial charge in [-0.25, -0.2) is 13.2 Å². The summed E-state index contributed by atoms with van der Waals surface area (Å²) in [6.45, 7) is 3.24. The van der Waals surface area contributed by atoms with Gasteiger partial charge in [0.2, 0.25) is 10.0 Å². The molecule has 1 aliphatic heterocycles. The number of hydrogen-bond acceptors (Lipinski definition) is 6. The fourth-order valence-electron chi connectivity index (χ4n) is 2.95. The molecule has 0 aromatic heterocycles. The average molecular weight is 433 g/mol. The van der Waals surface area contributed by atoms with E-state index in [0.717, 1.165) is 0 Å². The van der Waals surface area contributed by atoms with Gasteiger partial charge in [0.25, 0.3) is 5.91 Å². The van der Waals surface area contributed by atoms with Gasteiger partial charge in [-0.2, -0.15) is 4.31 Å². The van der Waals surface area contributed by atoms with Crippen molar-refractivity contribution >= 4 is 22.0 Å². The molecule has 10 heteroatoms. The molecule has 0 aliphatic carbocycles. The molecular weight excluding hydrogens is 410 g/mol. The Morgan fingerprint density at radius 3 is 1.97 bits per heavy atom. The summed E-state index contributed by atoms with van der Waals surface area (Å²) in [5.74, 6) is 1.20. The fourth-order valence-corrected chi connectivity index (χ4v) is 4.60. The van der Waals surface area contributed by atoms with Crippen LogP contribution in [-0.4, -0.2) is 50.4 Å². The number of urea groups is 1. The Kier molecular flexibility index (Phi) is 6.28. The lowest BCUT2D eigenvalue weighted by Gasteiger charge is -2.27. The molecule has 1 fully saturated rings. The Morgan fingerprint density at radius 1 is 0.967 bits per heavy atom. The van der Waals surface area contributed by atoms with E-state index >= 15 is 0 Å². The molecule has 3 rings (SSSR count). The van der Waals surface area contributed by atoms with Crippen LogP contribution >= 0.6 is 0 Å². The molecule has 1 atom stereocenters. The Labute approximate surface area is 175 Å². The van der Waals surface area contributed by atoms with Crippen LogP contribution in [0.15, 0.2) is 53.4 Å². The second-order valence-corrected chi connectivity index (χ2v) is 8.82. The van der Waals surface area contributed by atoms with E-state index in [4.69, 9.17) is 9.47 Å². The summed E-state index contributed by atoms with van der Waals surface area (Å²) < 4.78 is 38.2. The molecule has 2 aromatic carbocycles. The Bertz CT molecular complexity index is 1020. The van der Waals surface area contributed by atoms with Gasteiger partial charge in [0.05, 0.1) is 12.0 Å². The summed E-state index contributed by atoms with van der Waals surface area (Å²) in [5, 5.41) is 4.53. The lowest BCUT2D eigenvalue weighted by molar-refractivity contribution is -0.120. The van der Waals surface area contributed by atoms with Gasteiger partial charge >= 0.3 is 6.03 Å². The van der Waals surface area contributed by atoms with E-state index in [0.29, 0.717) is 17.2 Å². The Balaban J connectivity index is 1.76. The molecule has 0 unspecified atom stereocenters. The number of benzene rings is 2. The summed E-state index contributed by atoms with van der Waals surface area (Å²) in [6, 6.07) is 11.0. The molecule has 2 aromatic rings. The van der Waals surface area contributed by atoms with Crippen molar-refractivity contribution in [2.45, 2.75) is 30.8 Å². The quantitative estimate of drug-likeness (QED) is 0.616. The van der Waals surface area contributed by atoms with E-state index in [9.17, 15) is 18.0 Å². The van der Waals surface area contributed by atoms with Gasteiger partial charge in [-0.05, 0) is 62.4 Å². The number of nitrogens with one attached hydrogen (secondary N) is 2. The largest absolute Gasteiger partial charge is 0.497 e. The van der Waals surface area contributed by atoms with Crippen LogP contribution in [0.1, 0.15) is 13.8 Å². The first kappa shape index (κ1) is 21.6. The molecule has 3 amide bonds. The highest BCUT2D eigenvalue weighted by molar-refractivity contribution is 7.89. The Morgan fingerprint density at radius 2 is 1.50 bits per heavy atom. The maximum atomic E-state index is 13.1. The zero-order valence-corrected chi connectivity index (χ0v) is 17.6. The monoisotopic (exact) mass is 433 g/mol. The summed E-state index contributed by atoms with van der Waals surface area (Å²) in [7, 11) is -2.33. The number of imide groups is 1. The number of sulfonamides is 1. The Hall–Kier alpha value is -3.11. The van der Waals surface area contributed by atoms with E-state index < -0.39 is 34.0 Å². The number of nitrogens with zero attached hydrogens (tertiary/aromatic N) is 1. The molecule has 9 nitrogen and oxygen atoms in total. The van der Waals surface area contributed by atoms with Crippen molar-refractivity contribution in [3.8, 4) is 17.2 Å². The molecule has 0 saturated carbocycles. The SMILES string of the molecule is COc1ccc(Oc2ccc(S(=O)(=O)N(C[C@@H]3NC(=O)NC3=O)C(C)C)cc2)cc1. The number of ether oxygens (including phenoxy) is 2. The third kappa shape index (κ3) is 4.71. The van der Waals surface area contributed by atoms with E-state index in [-0.39, 0.29) is 11.4 Å². The van der Waals surface area contributed by atoms with E-state index in [1.165, 1.54) is 16.4 Å². The zero-order chi connectivity index (χ0) is 21.9. The fraction of sp³-hybridized carbons (Fsp3) is 0.300. The molecule has 2 N–H and O–H groups in total. The minimum Gasteiger partial charge on any atom is -0.497 e. The van der Waals surface area contributed by atoms with E-state index in [1.54, 1.807) is 57.4 Å². The first-order valence-corrected chi connectivity index (χ1v) is 10.7. The second-order valence-electron chi connectivity index (χ2n) is 6.93. The molecule has 0 spiro atoms. The van der Waals surface area contributed by atoms with Crippen molar-refractivity contribution in [2.75, 3.05) is 13.7 Å². The van der Waals surface area contributed by atoms with Crippen LogP contribution in [0.2, 0.25) is 0 Å². The van der Waals surface area contributed by atoms with Crippen molar-refractivity contribution in [3.63, 3.8) is 0 Å². The minimum atomic E-state index is -3.90. The van der Waals surface area contributed by atoms with Gasteiger partial charge < -0.3 is 14.8 Å². The first-order chi connectivity index (χ1) is 14.2. The topological polar surface area (TPSA) is 114 Å². The first-order valence-electron chi connectivity index (χ1n) is 9.26. The lowest BCUT2D eigenvalue weighted by Crippen LogP contribution is -2.47. The van der Waals surface area contributed by atoms with Crippen molar-refractivity contribution in [1.29, 1.82) is 0 Å². The van der Waals surface area contributed by atoms with Crippen LogP contribution in [0, 0.1) is 0 Å². The lowest BCUT2D eigenvalue weighted by atomic mass is 10.3. The summed E-state index contributed by atoms with van der Waals surface area (Å²) in [4.78, 5) is 23.2. The number of methoxy groups -OCH3 is 1. The predicted molar refractivity (Wildman–Crippen MR) is 109 cm³/mol. The van der Waals surface area contributed by atoms with E-state index in [2.05, 4.69) is 10.6 Å². The third-order valence-electron chi connectivity index (χ3n) is 4.52. The maximum Gasteiger partial charge on any atom is 0.322 e. The van der Waals surface area contributed by atoms with Gasteiger partial charge in [-0.15, -0.1) is 0 Å². The smallest absolute Gasteiger partial charge is 0.322 e. The van der Waals surface area contributed by atoms with Gasteiger partial charge in [-0.3, -0.25) is 10.1 Å². The van der Waals surface area contributed by atoms with Crippen LogP contribution < -0.4 is 20.1 Å². The van der Waals surface area contributed by atoms with Crippen LogP contribution in [0.5, 0.6) is 17.2 Å². The van der Waals surface area contributed by atoms with Gasteiger partial charge in [0.15, 0.2) is 0 Å². The summed E-state index contributed by atoms with van der Waals surface area (Å²) in [6.07, 6.45) is 0. The zero-order valence-electron chi connectivity index (χ0n) is 16.8. The second kappa shape index (κ2) is 8.72. The van der Waals surface area contributed by atoms with Crippen molar-refractivity contribution in [2.24, 2.45) is 0 Å². The predicted octanol–water partition coefficient (Wildman–Crippen LogP) is 2.09. The molecule has 1 aliphatic rings. The number of rotatable bonds is 8. The van der Waals surface area contributed by atoms with Crippen molar-refractivity contribution < 1.29 is 27.5 Å². The number of carbonyl (C=O) groups is 2. The number of hydrogen-bond donors (Lipinski definition) is 2. The molecule has 0 bridgehead atoms. The van der Waals surface area contributed by atoms with Crippen LogP contribution in [0.25, 0.3) is 0 Å². The van der Waals surface area contributed by atoms with Crippen molar-refractivity contribution in [3.05, 3.63) is 48.5 Å². The molecule has 0 radical (unpaired) electrons. The van der Waals surface area contributed by atoms with Gasteiger partial charge in [-0.1, -0.05) is 0 Å². The van der Waals surface area contributed by atoms with Gasteiger partial charge in [0, 0.05) is 12.6 Å². The molecule has 30 heavy (non-hydrogen) atoms. The maximum absolute atomic E-state index is 13.1.